The van der Waals surface area contributed by atoms with Crippen molar-refractivity contribution >= 4 is 11.6 Å². The zero-order chi connectivity index (χ0) is 17.9. The molecular formula is C18H14N6O2. The summed E-state index contributed by atoms with van der Waals surface area (Å²) in [6.07, 6.45) is 3.10. The number of carbonyl (C=O) groups excluding carboxylic acids is 1. The lowest BCUT2D eigenvalue weighted by molar-refractivity contribution is 0.102. The number of nitrogens with one attached hydrogen (secondary N) is 1. The van der Waals surface area contributed by atoms with Crippen LogP contribution in [0.5, 0.6) is 0 Å². The third-order valence-electron chi connectivity index (χ3n) is 3.73. The fraction of sp³-hybridized carbons (Fsp3) is 0.0556. The fourth-order valence-electron chi connectivity index (χ4n) is 2.55. The second-order valence-corrected chi connectivity index (χ2v) is 5.58. The van der Waals surface area contributed by atoms with Gasteiger partial charge in [-0.3, -0.25) is 4.79 Å². The van der Waals surface area contributed by atoms with Gasteiger partial charge in [0.2, 0.25) is 5.89 Å². The molecule has 0 saturated carbocycles. The van der Waals surface area contributed by atoms with Gasteiger partial charge >= 0.3 is 0 Å². The van der Waals surface area contributed by atoms with Crippen molar-refractivity contribution in [2.24, 2.45) is 0 Å². The van der Waals surface area contributed by atoms with E-state index in [4.69, 9.17) is 4.42 Å². The van der Waals surface area contributed by atoms with E-state index in [-0.39, 0.29) is 5.91 Å². The summed E-state index contributed by atoms with van der Waals surface area (Å²) < 4.78 is 6.98. The number of amides is 1. The number of hydrogen-bond acceptors (Lipinski definition) is 6. The Morgan fingerprint density at radius 2 is 2.04 bits per heavy atom. The number of carbonyl (C=O) groups is 1. The molecule has 0 radical (unpaired) electrons. The highest BCUT2D eigenvalue weighted by Crippen LogP contribution is 2.23. The third kappa shape index (κ3) is 3.07. The molecule has 4 rings (SSSR count). The highest BCUT2D eigenvalue weighted by molar-refractivity contribution is 6.06. The molecule has 0 unspecified atom stereocenters. The molecule has 1 amide bonds. The van der Waals surface area contributed by atoms with Crippen molar-refractivity contribution in [2.45, 2.75) is 6.92 Å². The lowest BCUT2D eigenvalue weighted by atomic mass is 10.1. The van der Waals surface area contributed by atoms with E-state index in [2.05, 4.69) is 25.8 Å². The molecule has 8 heteroatoms. The van der Waals surface area contributed by atoms with Crippen LogP contribution in [0.4, 0.5) is 5.69 Å². The van der Waals surface area contributed by atoms with Gasteiger partial charge < -0.3 is 9.73 Å². The SMILES string of the molecule is Cc1cnc(-c2cccc(NC(=O)c3ccccc3-n3cnnn3)c2)o1. The Morgan fingerprint density at radius 3 is 2.81 bits per heavy atom. The summed E-state index contributed by atoms with van der Waals surface area (Å²) in [5.74, 6) is 0.967. The maximum Gasteiger partial charge on any atom is 0.257 e. The van der Waals surface area contributed by atoms with E-state index in [1.165, 1.54) is 11.0 Å². The van der Waals surface area contributed by atoms with Gasteiger partial charge in [-0.2, -0.15) is 4.68 Å². The van der Waals surface area contributed by atoms with Crippen molar-refractivity contribution in [3.8, 4) is 17.1 Å². The van der Waals surface area contributed by atoms with Crippen LogP contribution in [0.15, 0.2) is 65.5 Å². The lowest BCUT2D eigenvalue weighted by Crippen LogP contribution is -2.15. The van der Waals surface area contributed by atoms with Crippen LogP contribution >= 0.6 is 0 Å². The minimum absolute atomic E-state index is 0.267. The highest BCUT2D eigenvalue weighted by atomic mass is 16.4. The molecule has 4 aromatic rings. The summed E-state index contributed by atoms with van der Waals surface area (Å²) in [6, 6.07) is 14.4. The van der Waals surface area contributed by atoms with Crippen molar-refractivity contribution < 1.29 is 9.21 Å². The van der Waals surface area contributed by atoms with Crippen LogP contribution < -0.4 is 5.32 Å². The van der Waals surface area contributed by atoms with Crippen LogP contribution in [0.3, 0.4) is 0 Å². The van der Waals surface area contributed by atoms with E-state index in [9.17, 15) is 4.79 Å². The van der Waals surface area contributed by atoms with Crippen LogP contribution in [-0.2, 0) is 0 Å². The number of aromatic nitrogens is 5. The molecule has 1 N–H and O–H groups in total. The smallest absolute Gasteiger partial charge is 0.257 e. The van der Waals surface area contributed by atoms with Crippen molar-refractivity contribution in [2.75, 3.05) is 5.32 Å². The van der Waals surface area contributed by atoms with Crippen molar-refractivity contribution in [3.63, 3.8) is 0 Å². The first-order valence-electron chi connectivity index (χ1n) is 7.87. The van der Waals surface area contributed by atoms with E-state index < -0.39 is 0 Å². The summed E-state index contributed by atoms with van der Waals surface area (Å²) in [6.45, 7) is 1.83. The Balaban J connectivity index is 1.62. The molecule has 26 heavy (non-hydrogen) atoms. The molecule has 0 aliphatic carbocycles. The maximum atomic E-state index is 12.7. The molecule has 128 valence electrons. The van der Waals surface area contributed by atoms with Gasteiger partial charge in [-0.05, 0) is 47.7 Å². The van der Waals surface area contributed by atoms with Gasteiger partial charge in [-0.1, -0.05) is 18.2 Å². The number of tetrazole rings is 1. The molecule has 0 spiro atoms. The molecular weight excluding hydrogens is 332 g/mol. The van der Waals surface area contributed by atoms with Crippen LogP contribution in [0.25, 0.3) is 17.1 Å². The molecule has 0 fully saturated rings. The number of oxazole rings is 1. The van der Waals surface area contributed by atoms with Crippen molar-refractivity contribution in [1.29, 1.82) is 0 Å². The average Bonchev–Trinajstić information content (AvgIpc) is 3.34. The van der Waals surface area contributed by atoms with E-state index in [1.807, 2.05) is 31.2 Å². The van der Waals surface area contributed by atoms with Gasteiger partial charge in [0.05, 0.1) is 17.4 Å². The molecule has 8 nitrogen and oxygen atoms in total. The van der Waals surface area contributed by atoms with E-state index in [0.717, 1.165) is 11.3 Å². The van der Waals surface area contributed by atoms with Crippen LogP contribution in [0, 0.1) is 6.92 Å². The topological polar surface area (TPSA) is 98.7 Å². The lowest BCUT2D eigenvalue weighted by Gasteiger charge is -2.10. The van der Waals surface area contributed by atoms with Gasteiger partial charge in [0.1, 0.15) is 12.1 Å². The van der Waals surface area contributed by atoms with Gasteiger partial charge in [-0.25, -0.2) is 4.98 Å². The van der Waals surface area contributed by atoms with E-state index in [1.54, 1.807) is 30.5 Å². The van der Waals surface area contributed by atoms with Crippen LogP contribution in [0.1, 0.15) is 16.1 Å². The van der Waals surface area contributed by atoms with Crippen molar-refractivity contribution in [1.82, 2.24) is 25.2 Å². The van der Waals surface area contributed by atoms with E-state index >= 15 is 0 Å². The highest BCUT2D eigenvalue weighted by Gasteiger charge is 2.14. The summed E-state index contributed by atoms with van der Waals surface area (Å²) >= 11 is 0. The number of anilines is 1. The maximum absolute atomic E-state index is 12.7. The van der Waals surface area contributed by atoms with Gasteiger partial charge in [0.15, 0.2) is 0 Å². The Morgan fingerprint density at radius 1 is 1.15 bits per heavy atom. The minimum atomic E-state index is -0.267. The number of rotatable bonds is 4. The summed E-state index contributed by atoms with van der Waals surface area (Å²) in [5, 5.41) is 14.0. The molecule has 0 saturated heterocycles. The number of benzene rings is 2. The van der Waals surface area contributed by atoms with Gasteiger partial charge in [0, 0.05) is 11.3 Å². The van der Waals surface area contributed by atoms with Gasteiger partial charge in [-0.15, -0.1) is 5.10 Å². The zero-order valence-electron chi connectivity index (χ0n) is 13.8. The zero-order valence-corrected chi connectivity index (χ0v) is 13.8. The molecule has 0 aliphatic rings. The first kappa shape index (κ1) is 15.7. The molecule has 2 heterocycles. The fourth-order valence-corrected chi connectivity index (χ4v) is 2.55. The predicted octanol–water partition coefficient (Wildman–Crippen LogP) is 2.88. The normalized spacial score (nSPS) is 10.7. The van der Waals surface area contributed by atoms with Crippen molar-refractivity contribution in [3.05, 3.63) is 72.4 Å². The Labute approximate surface area is 148 Å². The quantitative estimate of drug-likeness (QED) is 0.610. The largest absolute Gasteiger partial charge is 0.441 e. The molecule has 2 aromatic carbocycles. The number of nitrogens with zero attached hydrogens (tertiary/aromatic N) is 5. The Hall–Kier alpha value is -3.81. The average molecular weight is 346 g/mol. The molecule has 0 atom stereocenters. The number of aryl methyl sites for hydroxylation is 1. The summed E-state index contributed by atoms with van der Waals surface area (Å²) in [4.78, 5) is 17.0. The number of para-hydroxylation sites is 1. The standard InChI is InChI=1S/C18H14N6O2/c1-12-10-19-18(26-12)13-5-4-6-14(9-13)21-17(25)15-7-2-3-8-16(15)24-11-20-22-23-24/h2-11H,1H3,(H,21,25). The monoisotopic (exact) mass is 346 g/mol. The van der Waals surface area contributed by atoms with Crippen LogP contribution in [0.2, 0.25) is 0 Å². The summed E-state index contributed by atoms with van der Waals surface area (Å²) in [5.41, 5.74) is 2.46. The Kier molecular flexibility index (Phi) is 3.98. The molecule has 2 aromatic heterocycles. The molecule has 0 aliphatic heterocycles. The summed E-state index contributed by atoms with van der Waals surface area (Å²) in [7, 11) is 0. The van der Waals surface area contributed by atoms with Crippen LogP contribution in [-0.4, -0.2) is 31.1 Å². The first-order valence-corrected chi connectivity index (χ1v) is 7.87. The van der Waals surface area contributed by atoms with E-state index in [0.29, 0.717) is 22.8 Å². The minimum Gasteiger partial charge on any atom is -0.441 e. The Bertz CT molecular complexity index is 1060. The first-order chi connectivity index (χ1) is 12.7. The predicted molar refractivity (Wildman–Crippen MR) is 93.8 cm³/mol. The number of hydrogen-bond donors (Lipinski definition) is 1. The second kappa shape index (κ2) is 6.60. The van der Waals surface area contributed by atoms with Gasteiger partial charge in [0.25, 0.3) is 5.91 Å². The second-order valence-electron chi connectivity index (χ2n) is 5.58. The molecule has 0 bridgehead atoms. The third-order valence-corrected chi connectivity index (χ3v) is 3.73.